The molecule has 20 heavy (non-hydrogen) atoms. The van der Waals surface area contributed by atoms with Gasteiger partial charge >= 0.3 is 0 Å². The number of nitrogens with one attached hydrogen (secondary N) is 1. The summed E-state index contributed by atoms with van der Waals surface area (Å²) in [5.41, 5.74) is 1.15. The molecule has 0 spiro atoms. The van der Waals surface area contributed by atoms with Gasteiger partial charge in [0.25, 0.3) is 0 Å². The van der Waals surface area contributed by atoms with Crippen LogP contribution in [0, 0.1) is 5.92 Å². The molecule has 108 valence electrons. The van der Waals surface area contributed by atoms with Crippen molar-refractivity contribution >= 4 is 11.8 Å². The zero-order valence-electron chi connectivity index (χ0n) is 12.3. The van der Waals surface area contributed by atoms with Crippen molar-refractivity contribution in [1.29, 1.82) is 0 Å². The van der Waals surface area contributed by atoms with E-state index in [0.29, 0.717) is 13.0 Å². The first-order valence-electron chi connectivity index (χ1n) is 7.10. The largest absolute Gasteiger partial charge is 0.354 e. The minimum atomic E-state index is -0.0421. The quantitative estimate of drug-likeness (QED) is 0.914. The number of hydrogen-bond acceptors (Lipinski definition) is 2. The summed E-state index contributed by atoms with van der Waals surface area (Å²) in [7, 11) is 0. The van der Waals surface area contributed by atoms with E-state index >= 15 is 0 Å². The van der Waals surface area contributed by atoms with Gasteiger partial charge in [0.2, 0.25) is 11.8 Å². The summed E-state index contributed by atoms with van der Waals surface area (Å²) in [5, 5.41) is 2.89. The fourth-order valence-corrected chi connectivity index (χ4v) is 2.82. The molecule has 1 N–H and O–H groups in total. The Balaban J connectivity index is 2.04. The second kappa shape index (κ2) is 6.07. The molecule has 0 aliphatic carbocycles. The second-order valence-corrected chi connectivity index (χ2v) is 5.59. The molecule has 0 aromatic heterocycles. The van der Waals surface area contributed by atoms with Gasteiger partial charge in [-0.3, -0.25) is 9.59 Å². The Morgan fingerprint density at radius 2 is 1.95 bits per heavy atom. The Morgan fingerprint density at radius 3 is 2.55 bits per heavy atom. The topological polar surface area (TPSA) is 49.4 Å². The van der Waals surface area contributed by atoms with E-state index < -0.39 is 0 Å². The maximum Gasteiger partial charge on any atom is 0.223 e. The summed E-state index contributed by atoms with van der Waals surface area (Å²) in [4.78, 5) is 25.2. The van der Waals surface area contributed by atoms with Crippen molar-refractivity contribution in [2.75, 3.05) is 6.54 Å². The zero-order chi connectivity index (χ0) is 14.7. The molecular formula is C16H22N2O2. The molecule has 2 rings (SSSR count). The van der Waals surface area contributed by atoms with Crippen molar-refractivity contribution < 1.29 is 9.59 Å². The van der Waals surface area contributed by atoms with Crippen LogP contribution in [0.2, 0.25) is 0 Å². The summed E-state index contributed by atoms with van der Waals surface area (Å²) >= 11 is 0. The molecular weight excluding hydrogens is 252 g/mol. The normalized spacial score (nSPS) is 21.6. The maximum absolute atomic E-state index is 12.2. The van der Waals surface area contributed by atoms with Crippen LogP contribution >= 0.6 is 0 Å². The molecule has 1 aromatic carbocycles. The average molecular weight is 274 g/mol. The SMILES string of the molecule is CC(=O)N[C@H](C)[C@@H]1CC(=O)N([C@@H](C)c2ccccc2)C1. The van der Waals surface area contributed by atoms with E-state index in [9.17, 15) is 9.59 Å². The minimum absolute atomic E-state index is 0.0319. The van der Waals surface area contributed by atoms with Crippen molar-refractivity contribution in [2.45, 2.75) is 39.3 Å². The third-order valence-corrected chi connectivity index (χ3v) is 4.08. The first kappa shape index (κ1) is 14.6. The van der Waals surface area contributed by atoms with Crippen LogP contribution in [0.4, 0.5) is 0 Å². The standard InChI is InChI=1S/C16H22N2O2/c1-11(17-13(3)19)15-9-16(20)18(10-15)12(2)14-7-5-4-6-8-14/h4-8,11-12,15H,9-10H2,1-3H3,(H,17,19)/t11-,12+,15-/m1/s1. The molecule has 1 aliphatic rings. The number of carbonyl (C=O) groups is 2. The Morgan fingerprint density at radius 1 is 1.30 bits per heavy atom. The van der Waals surface area contributed by atoms with Gasteiger partial charge < -0.3 is 10.2 Å². The van der Waals surface area contributed by atoms with Crippen molar-refractivity contribution in [3.63, 3.8) is 0 Å². The highest BCUT2D eigenvalue weighted by Gasteiger charge is 2.35. The Hall–Kier alpha value is -1.84. The number of carbonyl (C=O) groups excluding carboxylic acids is 2. The predicted octanol–water partition coefficient (Wildman–Crippen LogP) is 2.12. The van der Waals surface area contributed by atoms with E-state index in [4.69, 9.17) is 0 Å². The third kappa shape index (κ3) is 3.18. The van der Waals surface area contributed by atoms with Crippen molar-refractivity contribution in [1.82, 2.24) is 10.2 Å². The van der Waals surface area contributed by atoms with Crippen LogP contribution in [0.3, 0.4) is 0 Å². The van der Waals surface area contributed by atoms with Gasteiger partial charge in [-0.2, -0.15) is 0 Å². The molecule has 0 bridgehead atoms. The highest BCUT2D eigenvalue weighted by Crippen LogP contribution is 2.29. The van der Waals surface area contributed by atoms with Crippen molar-refractivity contribution in [3.05, 3.63) is 35.9 Å². The molecule has 0 radical (unpaired) electrons. The number of amides is 2. The maximum atomic E-state index is 12.2. The van der Waals surface area contributed by atoms with Gasteiger partial charge in [0.05, 0.1) is 6.04 Å². The van der Waals surface area contributed by atoms with Crippen LogP contribution in [-0.2, 0) is 9.59 Å². The lowest BCUT2D eigenvalue weighted by Gasteiger charge is -2.26. The first-order chi connectivity index (χ1) is 9.49. The average Bonchev–Trinajstić information content (AvgIpc) is 2.80. The molecule has 0 saturated carbocycles. The number of likely N-dealkylation sites (tertiary alicyclic amines) is 1. The molecule has 4 heteroatoms. The summed E-state index contributed by atoms with van der Waals surface area (Å²) in [6, 6.07) is 10.2. The zero-order valence-corrected chi connectivity index (χ0v) is 12.3. The van der Waals surface area contributed by atoms with Gasteiger partial charge in [0.15, 0.2) is 0 Å². The minimum Gasteiger partial charge on any atom is -0.354 e. The number of nitrogens with zero attached hydrogens (tertiary/aromatic N) is 1. The summed E-state index contributed by atoms with van der Waals surface area (Å²) in [5.74, 6) is 0.320. The smallest absolute Gasteiger partial charge is 0.223 e. The van der Waals surface area contributed by atoms with Crippen molar-refractivity contribution in [2.24, 2.45) is 5.92 Å². The number of hydrogen-bond donors (Lipinski definition) is 1. The van der Waals surface area contributed by atoms with Crippen LogP contribution in [0.1, 0.15) is 38.8 Å². The lowest BCUT2D eigenvalue weighted by atomic mass is 10.0. The summed E-state index contributed by atoms with van der Waals surface area (Å²) in [6.07, 6.45) is 0.513. The van der Waals surface area contributed by atoms with Gasteiger partial charge in [0.1, 0.15) is 0 Å². The first-order valence-corrected chi connectivity index (χ1v) is 7.10. The molecule has 1 saturated heterocycles. The molecule has 0 unspecified atom stereocenters. The molecule has 3 atom stereocenters. The molecule has 1 fully saturated rings. The summed E-state index contributed by atoms with van der Waals surface area (Å²) < 4.78 is 0. The molecule has 1 heterocycles. The van der Waals surface area contributed by atoms with Crippen molar-refractivity contribution in [3.8, 4) is 0 Å². The lowest BCUT2D eigenvalue weighted by molar-refractivity contribution is -0.129. The fourth-order valence-electron chi connectivity index (χ4n) is 2.82. The Bertz CT molecular complexity index is 487. The van der Waals surface area contributed by atoms with E-state index in [2.05, 4.69) is 12.2 Å². The van der Waals surface area contributed by atoms with Crippen LogP contribution < -0.4 is 5.32 Å². The highest BCUT2D eigenvalue weighted by molar-refractivity contribution is 5.79. The van der Waals surface area contributed by atoms with E-state index in [0.717, 1.165) is 5.56 Å². The fraction of sp³-hybridized carbons (Fsp3) is 0.500. The third-order valence-electron chi connectivity index (χ3n) is 4.08. The molecule has 1 aromatic rings. The van der Waals surface area contributed by atoms with Gasteiger partial charge in [-0.05, 0) is 19.4 Å². The highest BCUT2D eigenvalue weighted by atomic mass is 16.2. The van der Waals surface area contributed by atoms with E-state index in [1.54, 1.807) is 0 Å². The predicted molar refractivity (Wildman–Crippen MR) is 78.0 cm³/mol. The number of benzene rings is 1. The number of rotatable bonds is 4. The van der Waals surface area contributed by atoms with Gasteiger partial charge in [-0.25, -0.2) is 0 Å². The van der Waals surface area contributed by atoms with Gasteiger partial charge in [-0.15, -0.1) is 0 Å². The Labute approximate surface area is 120 Å². The monoisotopic (exact) mass is 274 g/mol. The van der Waals surface area contributed by atoms with E-state index in [-0.39, 0.29) is 29.8 Å². The van der Waals surface area contributed by atoms with Crippen LogP contribution in [0.25, 0.3) is 0 Å². The van der Waals surface area contributed by atoms with Crippen LogP contribution in [-0.4, -0.2) is 29.3 Å². The molecule has 2 amide bonds. The Kier molecular flexibility index (Phi) is 4.42. The molecule has 1 aliphatic heterocycles. The van der Waals surface area contributed by atoms with Gasteiger partial charge in [0, 0.05) is 31.8 Å². The van der Waals surface area contributed by atoms with Crippen LogP contribution in [0.15, 0.2) is 30.3 Å². The van der Waals surface area contributed by atoms with E-state index in [1.807, 2.05) is 42.2 Å². The lowest BCUT2D eigenvalue weighted by Crippen LogP contribution is -2.38. The van der Waals surface area contributed by atoms with Crippen LogP contribution in [0.5, 0.6) is 0 Å². The van der Waals surface area contributed by atoms with E-state index in [1.165, 1.54) is 6.92 Å². The van der Waals surface area contributed by atoms with Gasteiger partial charge in [-0.1, -0.05) is 30.3 Å². The summed E-state index contributed by atoms with van der Waals surface area (Å²) in [6.45, 7) is 6.24. The molecule has 4 nitrogen and oxygen atoms in total. The second-order valence-electron chi connectivity index (χ2n) is 5.59.